The number of nitro benzene ring substituents is 1. The highest BCUT2D eigenvalue weighted by Crippen LogP contribution is 2.22. The molecule has 7 nitrogen and oxygen atoms in total. The number of nitrogens with one attached hydrogen (secondary N) is 2. The van der Waals surface area contributed by atoms with E-state index in [1.165, 1.54) is 35.9 Å². The summed E-state index contributed by atoms with van der Waals surface area (Å²) in [6.07, 6.45) is 2.35. The van der Waals surface area contributed by atoms with Crippen molar-refractivity contribution in [2.75, 3.05) is 38.6 Å². The smallest absolute Gasteiger partial charge is 0.270 e. The van der Waals surface area contributed by atoms with Crippen molar-refractivity contribution in [3.05, 3.63) is 68.7 Å². The highest BCUT2D eigenvalue weighted by atomic mass is 35.5. The van der Waals surface area contributed by atoms with E-state index in [1.54, 1.807) is 0 Å². The number of halogens is 1. The molecule has 8 heteroatoms. The lowest BCUT2D eigenvalue weighted by atomic mass is 10.0. The second kappa shape index (κ2) is 9.24. The number of likely N-dealkylation sites (tertiary alicyclic amines) is 1. The fraction of sp³-hybridized carbons (Fsp3) is 0.381. The van der Waals surface area contributed by atoms with Gasteiger partial charge in [-0.3, -0.25) is 14.9 Å². The first-order valence-electron chi connectivity index (χ1n) is 9.71. The number of non-ortho nitro benzene ring substituents is 1. The minimum absolute atomic E-state index is 0.120. The Labute approximate surface area is 175 Å². The van der Waals surface area contributed by atoms with E-state index in [1.807, 2.05) is 19.0 Å². The van der Waals surface area contributed by atoms with Crippen molar-refractivity contribution in [2.45, 2.75) is 18.9 Å². The second-order valence-corrected chi connectivity index (χ2v) is 7.94. The zero-order chi connectivity index (χ0) is 21.0. The van der Waals surface area contributed by atoms with Gasteiger partial charge in [-0.1, -0.05) is 23.7 Å². The molecule has 0 aromatic heterocycles. The number of nitro groups is 1. The van der Waals surface area contributed by atoms with Gasteiger partial charge in [0.2, 0.25) is 0 Å². The SMILES string of the molecule is CN(C)c1ccc([C@@H](CNC(=O)c2cc([N+](=O)[O-])ccc2Cl)[NH+]2CCCC2)cc1. The molecule has 2 aromatic carbocycles. The summed E-state index contributed by atoms with van der Waals surface area (Å²) in [6.45, 7) is 2.57. The van der Waals surface area contributed by atoms with Gasteiger partial charge in [0.1, 0.15) is 6.04 Å². The number of amides is 1. The predicted octanol–water partition coefficient (Wildman–Crippen LogP) is 2.46. The van der Waals surface area contributed by atoms with Crippen LogP contribution in [0.3, 0.4) is 0 Å². The fourth-order valence-electron chi connectivity index (χ4n) is 3.77. The van der Waals surface area contributed by atoms with Gasteiger partial charge in [-0.15, -0.1) is 0 Å². The number of quaternary nitrogens is 1. The van der Waals surface area contributed by atoms with Gasteiger partial charge in [0.15, 0.2) is 0 Å². The number of benzene rings is 2. The maximum absolute atomic E-state index is 12.7. The maximum Gasteiger partial charge on any atom is 0.270 e. The lowest BCUT2D eigenvalue weighted by molar-refractivity contribution is -0.918. The van der Waals surface area contributed by atoms with Crippen molar-refractivity contribution >= 4 is 28.9 Å². The number of carbonyl (C=O) groups excluding carboxylic acids is 1. The Balaban J connectivity index is 1.77. The summed E-state index contributed by atoms with van der Waals surface area (Å²) >= 11 is 6.11. The van der Waals surface area contributed by atoms with Crippen LogP contribution in [0, 0.1) is 10.1 Å². The third-order valence-electron chi connectivity index (χ3n) is 5.42. The summed E-state index contributed by atoms with van der Waals surface area (Å²) in [4.78, 5) is 26.7. The van der Waals surface area contributed by atoms with Crippen LogP contribution in [0.4, 0.5) is 11.4 Å². The summed E-state index contributed by atoms with van der Waals surface area (Å²) < 4.78 is 0. The first-order chi connectivity index (χ1) is 13.9. The zero-order valence-corrected chi connectivity index (χ0v) is 17.4. The van der Waals surface area contributed by atoms with Gasteiger partial charge >= 0.3 is 0 Å². The van der Waals surface area contributed by atoms with Crippen molar-refractivity contribution in [3.8, 4) is 0 Å². The Kier molecular flexibility index (Phi) is 6.71. The lowest BCUT2D eigenvalue weighted by Crippen LogP contribution is -3.11. The molecule has 0 unspecified atom stereocenters. The largest absolute Gasteiger partial charge is 0.378 e. The van der Waals surface area contributed by atoms with Crippen molar-refractivity contribution in [3.63, 3.8) is 0 Å². The van der Waals surface area contributed by atoms with Gasteiger partial charge in [0.25, 0.3) is 11.6 Å². The molecule has 2 aromatic rings. The summed E-state index contributed by atoms with van der Waals surface area (Å²) in [6, 6.07) is 12.4. The molecule has 0 spiro atoms. The quantitative estimate of drug-likeness (QED) is 0.535. The van der Waals surface area contributed by atoms with E-state index in [9.17, 15) is 14.9 Å². The molecule has 1 heterocycles. The van der Waals surface area contributed by atoms with E-state index < -0.39 is 10.8 Å². The van der Waals surface area contributed by atoms with Gasteiger partial charge < -0.3 is 15.1 Å². The summed E-state index contributed by atoms with van der Waals surface area (Å²) in [7, 11) is 4.00. The summed E-state index contributed by atoms with van der Waals surface area (Å²) in [5, 5.41) is 14.2. The number of hydrogen-bond donors (Lipinski definition) is 2. The average Bonchev–Trinajstić information content (AvgIpc) is 3.23. The van der Waals surface area contributed by atoms with E-state index in [0.29, 0.717) is 6.54 Å². The second-order valence-electron chi connectivity index (χ2n) is 7.54. The van der Waals surface area contributed by atoms with Crippen LogP contribution < -0.4 is 15.1 Å². The third kappa shape index (κ3) is 5.05. The molecule has 1 aliphatic rings. The standard InChI is InChI=1S/C21H25ClN4O3/c1-24(2)16-7-5-15(6-8-16)20(25-11-3-4-12-25)14-23-21(27)18-13-17(26(28)29)9-10-19(18)22/h5-10,13,20H,3-4,11-12,14H2,1-2H3,(H,23,27)/p+1/t20-/m1/s1. The van der Waals surface area contributed by atoms with Gasteiger partial charge in [-0.2, -0.15) is 0 Å². The van der Waals surface area contributed by atoms with Gasteiger partial charge in [0.05, 0.1) is 35.1 Å². The number of carbonyl (C=O) groups is 1. The molecule has 1 saturated heterocycles. The summed E-state index contributed by atoms with van der Waals surface area (Å²) in [5.74, 6) is -0.396. The normalized spacial score (nSPS) is 15.1. The van der Waals surface area contributed by atoms with Crippen LogP contribution in [0.1, 0.15) is 34.8 Å². The van der Waals surface area contributed by atoms with Crippen LogP contribution in [-0.2, 0) is 0 Å². The average molecular weight is 418 g/mol. The monoisotopic (exact) mass is 417 g/mol. The number of rotatable bonds is 7. The third-order valence-corrected chi connectivity index (χ3v) is 5.75. The van der Waals surface area contributed by atoms with Crippen molar-refractivity contribution in [1.29, 1.82) is 0 Å². The van der Waals surface area contributed by atoms with E-state index in [-0.39, 0.29) is 22.3 Å². The Morgan fingerprint density at radius 1 is 1.21 bits per heavy atom. The number of nitrogens with zero attached hydrogens (tertiary/aromatic N) is 2. The van der Waals surface area contributed by atoms with Crippen LogP contribution in [0.15, 0.2) is 42.5 Å². The molecule has 3 rings (SSSR count). The van der Waals surface area contributed by atoms with E-state index in [4.69, 9.17) is 11.6 Å². The minimum Gasteiger partial charge on any atom is -0.378 e. The minimum atomic E-state index is -0.531. The highest BCUT2D eigenvalue weighted by molar-refractivity contribution is 6.33. The first-order valence-corrected chi connectivity index (χ1v) is 10.1. The molecule has 2 N–H and O–H groups in total. The Hall–Kier alpha value is -2.64. The van der Waals surface area contributed by atoms with Gasteiger partial charge in [0, 0.05) is 50.3 Å². The molecule has 1 aliphatic heterocycles. The molecule has 0 saturated carbocycles. The van der Waals surface area contributed by atoms with Crippen LogP contribution in [0.2, 0.25) is 5.02 Å². The number of hydrogen-bond acceptors (Lipinski definition) is 4. The highest BCUT2D eigenvalue weighted by Gasteiger charge is 2.28. The van der Waals surface area contributed by atoms with E-state index >= 15 is 0 Å². The molecule has 29 heavy (non-hydrogen) atoms. The maximum atomic E-state index is 12.7. The predicted molar refractivity (Wildman–Crippen MR) is 114 cm³/mol. The number of anilines is 1. The van der Waals surface area contributed by atoms with Gasteiger partial charge in [-0.25, -0.2) is 0 Å². The molecule has 0 aliphatic carbocycles. The molecule has 1 amide bonds. The van der Waals surface area contributed by atoms with E-state index in [2.05, 4.69) is 29.6 Å². The molecular formula is C21H26ClN4O3+. The van der Waals surface area contributed by atoms with E-state index in [0.717, 1.165) is 24.3 Å². The van der Waals surface area contributed by atoms with Crippen LogP contribution in [0.5, 0.6) is 0 Å². The van der Waals surface area contributed by atoms with Crippen LogP contribution >= 0.6 is 11.6 Å². The van der Waals surface area contributed by atoms with Crippen LogP contribution in [-0.4, -0.2) is 44.6 Å². The van der Waals surface area contributed by atoms with Crippen molar-refractivity contribution in [1.82, 2.24) is 5.32 Å². The topological polar surface area (TPSA) is 79.9 Å². The first kappa shape index (κ1) is 21.1. The Morgan fingerprint density at radius 2 is 1.86 bits per heavy atom. The van der Waals surface area contributed by atoms with Crippen LogP contribution in [0.25, 0.3) is 0 Å². The lowest BCUT2D eigenvalue weighted by Gasteiger charge is -2.26. The Bertz CT molecular complexity index is 880. The molecule has 1 fully saturated rings. The fourth-order valence-corrected chi connectivity index (χ4v) is 3.97. The zero-order valence-electron chi connectivity index (χ0n) is 16.7. The van der Waals surface area contributed by atoms with Crippen molar-refractivity contribution < 1.29 is 14.6 Å². The van der Waals surface area contributed by atoms with Crippen molar-refractivity contribution in [2.24, 2.45) is 0 Å². The summed E-state index contributed by atoms with van der Waals surface area (Å²) in [5.41, 5.74) is 2.26. The van der Waals surface area contributed by atoms with Gasteiger partial charge in [-0.05, 0) is 18.2 Å². The molecule has 0 radical (unpaired) electrons. The molecule has 0 bridgehead atoms. The Morgan fingerprint density at radius 3 is 2.45 bits per heavy atom. The molecule has 154 valence electrons. The molecular weight excluding hydrogens is 392 g/mol. The molecule has 1 atom stereocenters.